The van der Waals surface area contributed by atoms with Crippen LogP contribution >= 0.6 is 0 Å². The minimum Gasteiger partial charge on any atom is -0.478 e. The first kappa shape index (κ1) is 32.2. The summed E-state index contributed by atoms with van der Waals surface area (Å²) < 4.78 is 5.29. The number of hydrogen-bond acceptors (Lipinski definition) is 11. The summed E-state index contributed by atoms with van der Waals surface area (Å²) in [5.41, 5.74) is -0.423. The number of carbonyl (C=O) groups excluding carboxylic acids is 1. The minimum absolute atomic E-state index is 0.0577. The predicted molar refractivity (Wildman–Crippen MR) is 156 cm³/mol. The normalized spacial score (nSPS) is 11.1. The largest absolute Gasteiger partial charge is 0.478 e. The molecule has 0 unspecified atom stereocenters. The van der Waals surface area contributed by atoms with Gasteiger partial charge < -0.3 is 14.7 Å². The molecule has 0 aromatic heterocycles. The summed E-state index contributed by atoms with van der Waals surface area (Å²) in [6, 6.07) is 20.9. The third kappa shape index (κ3) is 7.27. The Bertz CT molecular complexity index is 1700. The summed E-state index contributed by atoms with van der Waals surface area (Å²) in [6.45, 7) is 3.35. The molecule has 0 radical (unpaired) electrons. The van der Waals surface area contributed by atoms with Crippen LogP contribution < -0.4 is 9.62 Å². The highest BCUT2D eigenvalue weighted by atomic mass is 17.2. The number of aromatic carboxylic acids is 1. The lowest BCUT2D eigenvalue weighted by molar-refractivity contribution is -0.386. The van der Waals surface area contributed by atoms with E-state index in [9.17, 15) is 34.9 Å². The van der Waals surface area contributed by atoms with Crippen LogP contribution in [0.2, 0.25) is 0 Å². The zero-order valence-electron chi connectivity index (χ0n) is 23.9. The van der Waals surface area contributed by atoms with E-state index in [4.69, 9.17) is 19.8 Å². The molecule has 0 saturated heterocycles. The first-order valence-electron chi connectivity index (χ1n) is 13.2. The van der Waals surface area contributed by atoms with Crippen LogP contribution in [-0.4, -0.2) is 32.1 Å². The second-order valence-corrected chi connectivity index (χ2v) is 10.1. The van der Waals surface area contributed by atoms with E-state index in [0.717, 1.165) is 23.3 Å². The Morgan fingerprint density at radius 3 is 1.89 bits per heavy atom. The first-order valence-corrected chi connectivity index (χ1v) is 13.2. The number of nitro groups is 2. The van der Waals surface area contributed by atoms with E-state index in [-0.39, 0.29) is 30.2 Å². The first-order chi connectivity index (χ1) is 21.4. The van der Waals surface area contributed by atoms with Gasteiger partial charge in [0.25, 0.3) is 11.4 Å². The average Bonchev–Trinajstić information content (AvgIpc) is 3.01. The fraction of sp³-hybridized carbons (Fsp3) is 0.161. The van der Waals surface area contributed by atoms with Crippen LogP contribution in [0.1, 0.15) is 56.8 Å². The van der Waals surface area contributed by atoms with E-state index in [1.54, 1.807) is 42.5 Å². The molecule has 232 valence electrons. The van der Waals surface area contributed by atoms with Crippen molar-refractivity contribution < 1.29 is 49.2 Å². The van der Waals surface area contributed by atoms with Crippen LogP contribution in [0.5, 0.6) is 11.5 Å². The number of carbonyl (C=O) groups is 2. The van der Waals surface area contributed by atoms with Crippen LogP contribution in [0.4, 0.5) is 11.4 Å². The van der Waals surface area contributed by atoms with Gasteiger partial charge >= 0.3 is 11.9 Å². The molecule has 4 aromatic rings. The van der Waals surface area contributed by atoms with Crippen LogP contribution in [0.15, 0.2) is 84.9 Å². The number of nitrogens with zero attached hydrogens (tertiary/aromatic N) is 2. The lowest BCUT2D eigenvalue weighted by Gasteiger charge is -2.26. The summed E-state index contributed by atoms with van der Waals surface area (Å²) in [5, 5.41) is 41.0. The van der Waals surface area contributed by atoms with Crippen LogP contribution in [-0.2, 0) is 28.4 Å². The fourth-order valence-corrected chi connectivity index (χ4v) is 4.60. The van der Waals surface area contributed by atoms with Gasteiger partial charge in [0.05, 0.1) is 21.0 Å². The number of hydrogen-bond donors (Lipinski definition) is 2. The van der Waals surface area contributed by atoms with E-state index < -0.39 is 44.0 Å². The number of carboxylic acids is 1. The maximum atomic E-state index is 12.8. The van der Waals surface area contributed by atoms with Crippen LogP contribution in [0.25, 0.3) is 0 Å². The van der Waals surface area contributed by atoms with E-state index in [2.05, 4.69) is 4.89 Å². The molecule has 0 aliphatic heterocycles. The molecule has 0 heterocycles. The maximum Gasteiger partial charge on any atom is 0.351 e. The average molecular weight is 619 g/mol. The summed E-state index contributed by atoms with van der Waals surface area (Å²) in [4.78, 5) is 60.5. The Balaban J connectivity index is 1.44. The van der Waals surface area contributed by atoms with Crippen molar-refractivity contribution in [3.63, 3.8) is 0 Å². The molecule has 0 atom stereocenters. The van der Waals surface area contributed by atoms with Crippen molar-refractivity contribution in [1.82, 2.24) is 0 Å². The number of rotatable bonds is 13. The Morgan fingerprint density at radius 1 is 0.778 bits per heavy atom. The highest BCUT2D eigenvalue weighted by Crippen LogP contribution is 2.34. The van der Waals surface area contributed by atoms with E-state index in [1.807, 2.05) is 13.8 Å². The third-order valence-corrected chi connectivity index (χ3v) is 7.06. The molecule has 14 nitrogen and oxygen atoms in total. The molecule has 0 saturated carbocycles. The van der Waals surface area contributed by atoms with Crippen molar-refractivity contribution in [3.8, 4) is 11.5 Å². The van der Waals surface area contributed by atoms with Crippen molar-refractivity contribution >= 4 is 23.3 Å². The van der Waals surface area contributed by atoms with Gasteiger partial charge in [-0.05, 0) is 47.0 Å². The molecular weight excluding hydrogens is 592 g/mol. The van der Waals surface area contributed by atoms with E-state index in [1.165, 1.54) is 30.3 Å². The highest BCUT2D eigenvalue weighted by Gasteiger charge is 2.29. The minimum atomic E-state index is -1.51. The summed E-state index contributed by atoms with van der Waals surface area (Å²) in [5.74, 6) is -2.30. The van der Waals surface area contributed by atoms with Gasteiger partial charge in [-0.3, -0.25) is 25.5 Å². The fourth-order valence-electron chi connectivity index (χ4n) is 4.60. The monoisotopic (exact) mass is 618 g/mol. The van der Waals surface area contributed by atoms with Crippen molar-refractivity contribution in [2.45, 2.75) is 32.5 Å². The molecule has 0 aliphatic carbocycles. The lowest BCUT2D eigenvalue weighted by atomic mass is 9.78. The van der Waals surface area contributed by atoms with Gasteiger partial charge in [0.2, 0.25) is 0 Å². The quantitative estimate of drug-likeness (QED) is 0.0562. The van der Waals surface area contributed by atoms with Crippen molar-refractivity contribution in [2.24, 2.45) is 0 Å². The zero-order chi connectivity index (χ0) is 32.7. The molecule has 0 fully saturated rings. The predicted octanol–water partition coefficient (Wildman–Crippen LogP) is 6.25. The topological polar surface area (TPSA) is 198 Å². The maximum absolute atomic E-state index is 12.8. The zero-order valence-corrected chi connectivity index (χ0v) is 23.9. The molecule has 4 aromatic carbocycles. The van der Waals surface area contributed by atoms with Gasteiger partial charge in [-0.25, -0.2) is 14.5 Å². The molecule has 0 spiro atoms. The van der Waals surface area contributed by atoms with Gasteiger partial charge in [-0.2, -0.15) is 4.89 Å². The van der Waals surface area contributed by atoms with Crippen molar-refractivity contribution in [3.05, 3.63) is 139 Å². The smallest absolute Gasteiger partial charge is 0.351 e. The Kier molecular flexibility index (Phi) is 9.83. The second-order valence-electron chi connectivity index (χ2n) is 10.1. The summed E-state index contributed by atoms with van der Waals surface area (Å²) >= 11 is 0. The molecule has 0 amide bonds. The van der Waals surface area contributed by atoms with Crippen LogP contribution in [0.3, 0.4) is 0 Å². The van der Waals surface area contributed by atoms with Gasteiger partial charge in [-0.1, -0.05) is 56.3 Å². The molecule has 0 aliphatic rings. The molecule has 2 N–H and O–H groups in total. The molecule has 0 bridgehead atoms. The van der Waals surface area contributed by atoms with Gasteiger partial charge in [0.15, 0.2) is 11.3 Å². The summed E-state index contributed by atoms with van der Waals surface area (Å²) in [7, 11) is 0. The number of esters is 1. The Labute approximate surface area is 255 Å². The molecule has 45 heavy (non-hydrogen) atoms. The van der Waals surface area contributed by atoms with Crippen molar-refractivity contribution in [2.75, 3.05) is 0 Å². The van der Waals surface area contributed by atoms with Crippen LogP contribution in [0, 0.1) is 20.2 Å². The molecule has 4 rings (SSSR count). The second kappa shape index (κ2) is 13.7. The number of ether oxygens (including phenoxy) is 1. The van der Waals surface area contributed by atoms with Gasteiger partial charge in [0.1, 0.15) is 19.0 Å². The van der Waals surface area contributed by atoms with Gasteiger partial charge in [-0.15, -0.1) is 0 Å². The SMILES string of the molecule is CC(C)(c1ccc(OOCc2c(COO)cccc2[N+](=O)[O-])cc1)c1ccc(OC(=O)c2c(C(=O)O)cccc2[N+](=O)[O-])cc1. The van der Waals surface area contributed by atoms with Crippen molar-refractivity contribution in [1.29, 1.82) is 0 Å². The standard InChI is InChI=1S/C31H26N2O12/c1-31(2,20-9-13-22(14-10-20)44-30(36)28-24(29(34)35)6-4-8-27(28)33(39)40)21-11-15-23(16-12-21)45-43-18-25-19(17-42-41)5-3-7-26(25)32(37)38/h3-16,41H,17-18H2,1-2H3,(H,34,35). The summed E-state index contributed by atoms with van der Waals surface area (Å²) in [6.07, 6.45) is 0. The van der Waals surface area contributed by atoms with Gasteiger partial charge in [0, 0.05) is 17.5 Å². The highest BCUT2D eigenvalue weighted by molar-refractivity contribution is 6.06. The van der Waals surface area contributed by atoms with E-state index >= 15 is 0 Å². The Morgan fingerprint density at radius 2 is 1.33 bits per heavy atom. The lowest BCUT2D eigenvalue weighted by Crippen LogP contribution is -2.19. The third-order valence-electron chi connectivity index (χ3n) is 7.06. The Hall–Kier alpha value is -5.70. The van der Waals surface area contributed by atoms with E-state index in [0.29, 0.717) is 11.3 Å². The number of carboxylic acid groups (broad SMARTS) is 1. The molecule has 14 heteroatoms. The molecular formula is C31H26N2O12. The number of benzene rings is 4. The number of nitro benzene ring substituents is 2.